The summed E-state index contributed by atoms with van der Waals surface area (Å²) in [6.45, 7) is 0.630. The minimum atomic E-state index is -0.854. The molecule has 0 saturated carbocycles. The summed E-state index contributed by atoms with van der Waals surface area (Å²) in [5.74, 6) is 1.83. The van der Waals surface area contributed by atoms with Crippen LogP contribution in [0.2, 0.25) is 0 Å². The van der Waals surface area contributed by atoms with E-state index >= 15 is 0 Å². The fraction of sp³-hybridized carbons (Fsp3) is 0.467. The molecule has 1 atom stereocenters. The summed E-state index contributed by atoms with van der Waals surface area (Å²) in [5, 5.41) is 8.96. The van der Waals surface area contributed by atoms with E-state index in [-0.39, 0.29) is 18.4 Å². The van der Waals surface area contributed by atoms with Gasteiger partial charge in [-0.25, -0.2) is 0 Å². The van der Waals surface area contributed by atoms with Crippen LogP contribution in [0, 0.1) is 0 Å². The minimum Gasteiger partial charge on any atom is -0.497 e. The second kappa shape index (κ2) is 8.33. The van der Waals surface area contributed by atoms with Crippen LogP contribution in [0.3, 0.4) is 0 Å². The number of carboxylic acid groups (broad SMARTS) is 1. The number of carbonyl (C=O) groups excluding carboxylic acids is 1. The van der Waals surface area contributed by atoms with Crippen molar-refractivity contribution in [3.05, 3.63) is 24.3 Å². The Morgan fingerprint density at radius 3 is 2.77 bits per heavy atom. The van der Waals surface area contributed by atoms with Crippen LogP contribution in [0.1, 0.15) is 6.42 Å². The first-order valence-corrected chi connectivity index (χ1v) is 9.10. The SMILES string of the molecule is COc1ccc(SCC(=O)N2CCSCC2CC(=O)O)cc1. The molecule has 2 rings (SSSR count). The highest BCUT2D eigenvalue weighted by Gasteiger charge is 2.28. The quantitative estimate of drug-likeness (QED) is 0.800. The average Bonchev–Trinajstić information content (AvgIpc) is 2.53. The van der Waals surface area contributed by atoms with Gasteiger partial charge >= 0.3 is 5.97 Å². The zero-order valence-electron chi connectivity index (χ0n) is 12.4. The van der Waals surface area contributed by atoms with E-state index in [0.717, 1.165) is 16.4 Å². The van der Waals surface area contributed by atoms with E-state index in [4.69, 9.17) is 9.84 Å². The summed E-state index contributed by atoms with van der Waals surface area (Å²) in [7, 11) is 1.61. The molecule has 1 aliphatic rings. The lowest BCUT2D eigenvalue weighted by atomic mass is 10.2. The van der Waals surface area contributed by atoms with Gasteiger partial charge in [-0.2, -0.15) is 11.8 Å². The van der Waals surface area contributed by atoms with Gasteiger partial charge < -0.3 is 14.7 Å². The number of carbonyl (C=O) groups is 2. The molecule has 0 aromatic heterocycles. The maximum atomic E-state index is 12.4. The Bertz CT molecular complexity index is 521. The molecule has 5 nitrogen and oxygen atoms in total. The number of nitrogens with zero attached hydrogens (tertiary/aromatic N) is 1. The predicted octanol–water partition coefficient (Wildman–Crippen LogP) is 2.21. The van der Waals surface area contributed by atoms with Gasteiger partial charge in [0, 0.05) is 22.9 Å². The summed E-state index contributed by atoms with van der Waals surface area (Å²) >= 11 is 3.17. The summed E-state index contributed by atoms with van der Waals surface area (Å²) in [4.78, 5) is 26.0. The molecule has 1 N–H and O–H groups in total. The average molecular weight is 341 g/mol. The van der Waals surface area contributed by atoms with Crippen LogP contribution in [-0.4, -0.2) is 58.8 Å². The lowest BCUT2D eigenvalue weighted by molar-refractivity contribution is -0.139. The van der Waals surface area contributed by atoms with E-state index in [0.29, 0.717) is 18.1 Å². The van der Waals surface area contributed by atoms with Gasteiger partial charge in [0.25, 0.3) is 0 Å². The highest BCUT2D eigenvalue weighted by atomic mass is 32.2. The van der Waals surface area contributed by atoms with Gasteiger partial charge in [0.15, 0.2) is 0 Å². The Hall–Kier alpha value is -1.34. The van der Waals surface area contributed by atoms with Crippen molar-refractivity contribution < 1.29 is 19.4 Å². The number of carboxylic acids is 1. The Kier molecular flexibility index (Phi) is 6.45. The van der Waals surface area contributed by atoms with Crippen molar-refractivity contribution in [3.63, 3.8) is 0 Å². The maximum absolute atomic E-state index is 12.4. The Balaban J connectivity index is 1.90. The van der Waals surface area contributed by atoms with Crippen LogP contribution in [0.25, 0.3) is 0 Å². The number of aliphatic carboxylic acids is 1. The van der Waals surface area contributed by atoms with Crippen molar-refractivity contribution in [2.75, 3.05) is 30.9 Å². The van der Waals surface area contributed by atoms with Crippen molar-refractivity contribution in [3.8, 4) is 5.75 Å². The van der Waals surface area contributed by atoms with E-state index in [1.807, 2.05) is 24.3 Å². The van der Waals surface area contributed by atoms with Crippen molar-refractivity contribution in [2.45, 2.75) is 17.4 Å². The van der Waals surface area contributed by atoms with E-state index in [2.05, 4.69) is 0 Å². The molecule has 1 aromatic rings. The van der Waals surface area contributed by atoms with Crippen LogP contribution >= 0.6 is 23.5 Å². The molecular formula is C15H19NO4S2. The minimum absolute atomic E-state index is 0.00682. The Labute approximate surface area is 138 Å². The second-order valence-corrected chi connectivity index (χ2v) is 7.08. The summed E-state index contributed by atoms with van der Waals surface area (Å²) in [6.07, 6.45) is 0.0198. The van der Waals surface area contributed by atoms with Gasteiger partial charge in [-0.1, -0.05) is 0 Å². The molecular weight excluding hydrogens is 322 g/mol. The molecule has 0 spiro atoms. The molecule has 0 aliphatic carbocycles. The van der Waals surface area contributed by atoms with E-state index < -0.39 is 5.97 Å². The van der Waals surface area contributed by atoms with Crippen LogP contribution in [0.4, 0.5) is 0 Å². The number of amides is 1. The largest absolute Gasteiger partial charge is 0.497 e. The van der Waals surface area contributed by atoms with Gasteiger partial charge in [0.1, 0.15) is 5.75 Å². The number of methoxy groups -OCH3 is 1. The topological polar surface area (TPSA) is 66.8 Å². The standard InChI is InChI=1S/C15H19NO4S2/c1-20-12-2-4-13(5-3-12)22-10-14(17)16-6-7-21-9-11(16)8-15(18)19/h2-5,11H,6-10H2,1H3,(H,18,19). The molecule has 22 heavy (non-hydrogen) atoms. The van der Waals surface area contributed by atoms with E-state index in [1.54, 1.807) is 23.8 Å². The number of hydrogen-bond acceptors (Lipinski definition) is 5. The van der Waals surface area contributed by atoms with Crippen molar-refractivity contribution in [2.24, 2.45) is 0 Å². The third kappa shape index (κ3) is 4.84. The van der Waals surface area contributed by atoms with E-state index in [9.17, 15) is 9.59 Å². The monoisotopic (exact) mass is 341 g/mol. The molecule has 0 bridgehead atoms. The Morgan fingerprint density at radius 2 is 2.14 bits per heavy atom. The second-order valence-electron chi connectivity index (χ2n) is 4.88. The molecule has 0 radical (unpaired) electrons. The molecule has 1 aromatic carbocycles. The maximum Gasteiger partial charge on any atom is 0.305 e. The fourth-order valence-corrected chi connectivity index (χ4v) is 4.10. The summed E-state index contributed by atoms with van der Waals surface area (Å²) < 4.78 is 5.10. The smallest absolute Gasteiger partial charge is 0.305 e. The zero-order chi connectivity index (χ0) is 15.9. The van der Waals surface area contributed by atoms with Gasteiger partial charge in [-0.05, 0) is 24.3 Å². The molecule has 1 unspecified atom stereocenters. The van der Waals surface area contributed by atoms with Gasteiger partial charge in [0.2, 0.25) is 5.91 Å². The molecule has 1 fully saturated rings. The highest BCUT2D eigenvalue weighted by molar-refractivity contribution is 8.00. The predicted molar refractivity (Wildman–Crippen MR) is 88.8 cm³/mol. The van der Waals surface area contributed by atoms with Crippen molar-refractivity contribution in [1.29, 1.82) is 0 Å². The first kappa shape index (κ1) is 17.0. The number of hydrogen-bond donors (Lipinski definition) is 1. The fourth-order valence-electron chi connectivity index (χ4n) is 2.25. The molecule has 120 valence electrons. The number of thioether (sulfide) groups is 2. The molecule has 1 amide bonds. The zero-order valence-corrected chi connectivity index (χ0v) is 14.0. The molecule has 1 saturated heterocycles. The van der Waals surface area contributed by atoms with Gasteiger partial charge in [-0.3, -0.25) is 9.59 Å². The first-order chi connectivity index (χ1) is 10.6. The number of rotatable bonds is 6. The van der Waals surface area contributed by atoms with Crippen LogP contribution in [-0.2, 0) is 9.59 Å². The molecule has 1 heterocycles. The van der Waals surface area contributed by atoms with E-state index in [1.165, 1.54) is 11.8 Å². The molecule has 1 aliphatic heterocycles. The van der Waals surface area contributed by atoms with Crippen molar-refractivity contribution >= 4 is 35.4 Å². The number of ether oxygens (including phenoxy) is 1. The lowest BCUT2D eigenvalue weighted by Gasteiger charge is -2.34. The van der Waals surface area contributed by atoms with Crippen LogP contribution in [0.15, 0.2) is 29.2 Å². The first-order valence-electron chi connectivity index (χ1n) is 6.96. The highest BCUT2D eigenvalue weighted by Crippen LogP contribution is 2.24. The lowest BCUT2D eigenvalue weighted by Crippen LogP contribution is -2.47. The normalized spacial score (nSPS) is 18.0. The third-order valence-corrected chi connectivity index (χ3v) is 5.47. The van der Waals surface area contributed by atoms with Crippen LogP contribution in [0.5, 0.6) is 5.75 Å². The van der Waals surface area contributed by atoms with Gasteiger partial charge in [-0.15, -0.1) is 11.8 Å². The summed E-state index contributed by atoms with van der Waals surface area (Å²) in [5.41, 5.74) is 0. The Morgan fingerprint density at radius 1 is 1.41 bits per heavy atom. The van der Waals surface area contributed by atoms with Gasteiger partial charge in [0.05, 0.1) is 25.3 Å². The van der Waals surface area contributed by atoms with Crippen molar-refractivity contribution in [1.82, 2.24) is 4.90 Å². The molecule has 7 heteroatoms. The van der Waals surface area contributed by atoms with Crippen LogP contribution < -0.4 is 4.74 Å². The summed E-state index contributed by atoms with van der Waals surface area (Å²) in [6, 6.07) is 7.35. The number of benzene rings is 1. The third-order valence-electron chi connectivity index (χ3n) is 3.38.